The van der Waals surface area contributed by atoms with Crippen molar-refractivity contribution in [2.75, 3.05) is 0 Å². The summed E-state index contributed by atoms with van der Waals surface area (Å²) in [6.07, 6.45) is 3.47. The monoisotopic (exact) mass is 430 g/mol. The molecule has 8 heteroatoms. The zero-order valence-electron chi connectivity index (χ0n) is 13.3. The van der Waals surface area contributed by atoms with E-state index in [-0.39, 0.29) is 17.0 Å². The summed E-state index contributed by atoms with van der Waals surface area (Å²) in [6.45, 7) is 0. The highest BCUT2D eigenvalue weighted by molar-refractivity contribution is 9.10. The van der Waals surface area contributed by atoms with Crippen molar-refractivity contribution in [1.82, 2.24) is 19.2 Å². The Morgan fingerprint density at radius 2 is 1.73 bits per heavy atom. The van der Waals surface area contributed by atoms with E-state index in [0.29, 0.717) is 10.9 Å². The van der Waals surface area contributed by atoms with Crippen LogP contribution in [0.5, 0.6) is 0 Å². The summed E-state index contributed by atoms with van der Waals surface area (Å²) in [7, 11) is 0. The number of halogens is 2. The lowest BCUT2D eigenvalue weighted by atomic mass is 10.2. The molecule has 0 unspecified atom stereocenters. The van der Waals surface area contributed by atoms with Crippen LogP contribution in [0.2, 0.25) is 0 Å². The van der Waals surface area contributed by atoms with Crippen molar-refractivity contribution in [2.45, 2.75) is 10.9 Å². The van der Waals surface area contributed by atoms with Gasteiger partial charge in [0.2, 0.25) is 5.65 Å². The SMILES string of the molecule is O=c1c2nnc(SCc3ccc(F)cc3)n2ccn1-c1ccc(Br)cc1. The number of hydrogen-bond donors (Lipinski definition) is 0. The van der Waals surface area contributed by atoms with Crippen LogP contribution in [0.1, 0.15) is 5.56 Å². The fourth-order valence-corrected chi connectivity index (χ4v) is 3.64. The zero-order valence-corrected chi connectivity index (χ0v) is 15.7. The Kier molecular flexibility index (Phi) is 4.60. The summed E-state index contributed by atoms with van der Waals surface area (Å²) in [5.41, 5.74) is 1.74. The van der Waals surface area contributed by atoms with Gasteiger partial charge in [-0.15, -0.1) is 10.2 Å². The fraction of sp³-hybridized carbons (Fsp3) is 0.0556. The number of rotatable bonds is 4. The Morgan fingerprint density at radius 1 is 1.00 bits per heavy atom. The second kappa shape index (κ2) is 7.05. The molecule has 0 saturated heterocycles. The lowest BCUT2D eigenvalue weighted by Gasteiger charge is -2.06. The lowest BCUT2D eigenvalue weighted by molar-refractivity contribution is 0.627. The number of fused-ring (bicyclic) bond motifs is 1. The van der Waals surface area contributed by atoms with Crippen LogP contribution in [0, 0.1) is 5.82 Å². The highest BCUT2D eigenvalue weighted by Gasteiger charge is 2.12. The molecule has 2 heterocycles. The second-order valence-corrected chi connectivity index (χ2v) is 7.40. The van der Waals surface area contributed by atoms with Gasteiger partial charge in [0.05, 0.1) is 0 Å². The normalized spacial score (nSPS) is 11.2. The average Bonchev–Trinajstić information content (AvgIpc) is 3.07. The first-order valence-corrected chi connectivity index (χ1v) is 9.49. The molecule has 0 aliphatic heterocycles. The minimum Gasteiger partial charge on any atom is -0.280 e. The van der Waals surface area contributed by atoms with Gasteiger partial charge in [-0.1, -0.05) is 39.8 Å². The first-order valence-electron chi connectivity index (χ1n) is 7.71. The molecule has 0 aliphatic carbocycles. The van der Waals surface area contributed by atoms with E-state index in [1.165, 1.54) is 28.5 Å². The van der Waals surface area contributed by atoms with Crippen molar-refractivity contribution in [3.05, 3.63) is 87.1 Å². The smallest absolute Gasteiger partial charge is 0.280 e. The summed E-state index contributed by atoms with van der Waals surface area (Å²) in [6, 6.07) is 13.8. The summed E-state index contributed by atoms with van der Waals surface area (Å²) in [5, 5.41) is 8.77. The van der Waals surface area contributed by atoms with Gasteiger partial charge in [-0.2, -0.15) is 0 Å². The van der Waals surface area contributed by atoms with Crippen LogP contribution in [-0.2, 0) is 5.75 Å². The van der Waals surface area contributed by atoms with Crippen molar-refractivity contribution in [2.24, 2.45) is 0 Å². The molecule has 4 rings (SSSR count). The highest BCUT2D eigenvalue weighted by atomic mass is 79.9. The quantitative estimate of drug-likeness (QED) is 0.457. The molecule has 4 aromatic rings. The van der Waals surface area contributed by atoms with Gasteiger partial charge in [0, 0.05) is 28.3 Å². The first-order chi connectivity index (χ1) is 12.6. The fourth-order valence-electron chi connectivity index (χ4n) is 2.50. The third kappa shape index (κ3) is 3.30. The Balaban J connectivity index is 1.64. The maximum absolute atomic E-state index is 13.0. The van der Waals surface area contributed by atoms with Crippen molar-refractivity contribution in [1.29, 1.82) is 0 Å². The second-order valence-electron chi connectivity index (χ2n) is 5.54. The zero-order chi connectivity index (χ0) is 18.1. The van der Waals surface area contributed by atoms with Crippen molar-refractivity contribution < 1.29 is 4.39 Å². The highest BCUT2D eigenvalue weighted by Crippen LogP contribution is 2.21. The maximum Gasteiger partial charge on any atom is 0.300 e. The summed E-state index contributed by atoms with van der Waals surface area (Å²) < 4.78 is 17.1. The van der Waals surface area contributed by atoms with E-state index >= 15 is 0 Å². The van der Waals surface area contributed by atoms with Gasteiger partial charge in [0.1, 0.15) is 5.82 Å². The molecule has 0 saturated carbocycles. The summed E-state index contributed by atoms with van der Waals surface area (Å²) in [4.78, 5) is 12.7. The van der Waals surface area contributed by atoms with Gasteiger partial charge in [-0.25, -0.2) is 4.39 Å². The molecule has 0 N–H and O–H groups in total. The molecule has 5 nitrogen and oxygen atoms in total. The standard InChI is InChI=1S/C18H12BrFN4OS/c19-13-3-7-15(8-4-13)23-9-10-24-16(17(23)25)21-22-18(24)26-11-12-1-5-14(20)6-2-12/h1-10H,11H2. The molecular formula is C18H12BrFN4OS. The van der Waals surface area contributed by atoms with Gasteiger partial charge in [0.15, 0.2) is 5.16 Å². The van der Waals surface area contributed by atoms with Crippen LogP contribution in [0.3, 0.4) is 0 Å². The number of thioether (sulfide) groups is 1. The van der Waals surface area contributed by atoms with E-state index in [9.17, 15) is 9.18 Å². The number of aromatic nitrogens is 4. The summed E-state index contributed by atoms with van der Waals surface area (Å²) >= 11 is 4.82. The maximum atomic E-state index is 13.0. The molecule has 0 aliphatic rings. The third-order valence-electron chi connectivity index (χ3n) is 3.83. The molecule has 130 valence electrons. The topological polar surface area (TPSA) is 52.2 Å². The van der Waals surface area contributed by atoms with Crippen LogP contribution in [0.15, 0.2) is 75.3 Å². The molecule has 0 atom stereocenters. The number of hydrogen-bond acceptors (Lipinski definition) is 4. The molecule has 26 heavy (non-hydrogen) atoms. The molecule has 0 amide bonds. The van der Waals surface area contributed by atoms with Crippen molar-refractivity contribution >= 4 is 33.3 Å². The van der Waals surface area contributed by atoms with E-state index in [1.54, 1.807) is 28.9 Å². The largest absolute Gasteiger partial charge is 0.300 e. The Hall–Kier alpha value is -2.45. The third-order valence-corrected chi connectivity index (χ3v) is 5.37. The molecular weight excluding hydrogens is 419 g/mol. The number of benzene rings is 2. The molecule has 0 bridgehead atoms. The van der Waals surface area contributed by atoms with Crippen LogP contribution >= 0.6 is 27.7 Å². The molecule has 2 aromatic carbocycles. The minimum atomic E-state index is -0.264. The van der Waals surface area contributed by atoms with Crippen molar-refractivity contribution in [3.8, 4) is 5.69 Å². The van der Waals surface area contributed by atoms with E-state index in [2.05, 4.69) is 26.1 Å². The van der Waals surface area contributed by atoms with Crippen LogP contribution < -0.4 is 5.56 Å². The van der Waals surface area contributed by atoms with Gasteiger partial charge in [-0.3, -0.25) is 13.8 Å². The molecule has 2 aromatic heterocycles. The lowest BCUT2D eigenvalue weighted by Crippen LogP contribution is -2.20. The summed E-state index contributed by atoms with van der Waals surface area (Å²) in [5.74, 6) is 0.344. The number of nitrogens with zero attached hydrogens (tertiary/aromatic N) is 4. The van der Waals surface area contributed by atoms with Crippen LogP contribution in [0.4, 0.5) is 4.39 Å². The Morgan fingerprint density at radius 3 is 2.46 bits per heavy atom. The predicted molar refractivity (Wildman–Crippen MR) is 102 cm³/mol. The first kappa shape index (κ1) is 17.0. The van der Waals surface area contributed by atoms with E-state index in [4.69, 9.17) is 0 Å². The van der Waals surface area contributed by atoms with Gasteiger partial charge in [0.25, 0.3) is 0 Å². The Labute approximate surface area is 160 Å². The molecule has 0 fully saturated rings. The molecule has 0 spiro atoms. The average molecular weight is 431 g/mol. The Bertz CT molecular complexity index is 1120. The van der Waals surface area contributed by atoms with Crippen LogP contribution in [-0.4, -0.2) is 19.2 Å². The van der Waals surface area contributed by atoms with E-state index in [0.717, 1.165) is 15.7 Å². The predicted octanol–water partition coefficient (Wildman–Crippen LogP) is 4.07. The van der Waals surface area contributed by atoms with Crippen molar-refractivity contribution in [3.63, 3.8) is 0 Å². The molecule has 0 radical (unpaired) electrons. The minimum absolute atomic E-state index is 0.240. The van der Waals surface area contributed by atoms with Gasteiger partial charge < -0.3 is 0 Å². The van der Waals surface area contributed by atoms with Gasteiger partial charge in [-0.05, 0) is 42.0 Å². The van der Waals surface area contributed by atoms with E-state index < -0.39 is 0 Å². The van der Waals surface area contributed by atoms with Gasteiger partial charge >= 0.3 is 5.56 Å². The van der Waals surface area contributed by atoms with E-state index in [1.807, 2.05) is 24.3 Å². The van der Waals surface area contributed by atoms with Crippen LogP contribution in [0.25, 0.3) is 11.3 Å².